The maximum absolute atomic E-state index is 12.9. The van der Waals surface area contributed by atoms with Gasteiger partial charge in [0.05, 0.1) is 18.7 Å². The lowest BCUT2D eigenvalue weighted by Crippen LogP contribution is -2.26. The third-order valence-corrected chi connectivity index (χ3v) is 5.98. The number of hydrogen-bond acceptors (Lipinski definition) is 5. The first-order chi connectivity index (χ1) is 16.7. The number of fused-ring (bicyclic) bond motifs is 1. The molecule has 35 heavy (non-hydrogen) atoms. The van der Waals surface area contributed by atoms with Crippen LogP contribution in [0.4, 0.5) is 5.69 Å². The Balaban J connectivity index is 1.63. The Morgan fingerprint density at radius 2 is 1.83 bits per heavy atom. The van der Waals surface area contributed by atoms with E-state index in [2.05, 4.69) is 49.4 Å². The monoisotopic (exact) mass is 477 g/mol. The number of carbonyl (C=O) groups is 1. The van der Waals surface area contributed by atoms with Crippen molar-refractivity contribution in [2.24, 2.45) is 11.3 Å². The number of benzene rings is 2. The van der Waals surface area contributed by atoms with Crippen LogP contribution in [0.2, 0.25) is 0 Å². The molecule has 188 valence electrons. The molecule has 3 rings (SSSR count). The molecule has 1 unspecified atom stereocenters. The fraction of sp³-hybridized carbons (Fsp3) is 0.448. The maximum Gasteiger partial charge on any atom is 0.255 e. The van der Waals surface area contributed by atoms with Crippen molar-refractivity contribution in [3.05, 3.63) is 65.4 Å². The average Bonchev–Trinajstić information content (AvgIpc) is 2.83. The molecule has 0 aliphatic rings. The Morgan fingerprint density at radius 1 is 1.09 bits per heavy atom. The van der Waals surface area contributed by atoms with Gasteiger partial charge in [0.1, 0.15) is 5.75 Å². The van der Waals surface area contributed by atoms with Crippen molar-refractivity contribution < 1.29 is 14.3 Å². The molecule has 2 aromatic carbocycles. The summed E-state index contributed by atoms with van der Waals surface area (Å²) in [7, 11) is 1.70. The first-order valence-electron chi connectivity index (χ1n) is 12.3. The lowest BCUT2D eigenvalue weighted by molar-refractivity contribution is 0.102. The number of hydrogen-bond donors (Lipinski definition) is 2. The fourth-order valence-electron chi connectivity index (χ4n) is 3.84. The second-order valence-corrected chi connectivity index (χ2v) is 10.3. The molecule has 0 saturated heterocycles. The summed E-state index contributed by atoms with van der Waals surface area (Å²) in [5.74, 6) is 0.936. The molecule has 1 aromatic heterocycles. The van der Waals surface area contributed by atoms with Crippen molar-refractivity contribution in [3.8, 4) is 5.75 Å². The van der Waals surface area contributed by atoms with Crippen molar-refractivity contribution in [1.29, 1.82) is 0 Å². The Hall–Kier alpha value is -2.96. The second-order valence-electron chi connectivity index (χ2n) is 10.3. The molecular formula is C29H39N3O3. The van der Waals surface area contributed by atoms with Gasteiger partial charge in [-0.25, -0.2) is 0 Å². The Kier molecular flexibility index (Phi) is 9.24. The van der Waals surface area contributed by atoms with E-state index in [-0.39, 0.29) is 11.3 Å². The summed E-state index contributed by atoms with van der Waals surface area (Å²) in [5.41, 5.74) is 4.58. The molecule has 6 heteroatoms. The molecule has 6 nitrogen and oxygen atoms in total. The zero-order chi connectivity index (χ0) is 25.4. The van der Waals surface area contributed by atoms with Gasteiger partial charge in [-0.15, -0.1) is 0 Å². The van der Waals surface area contributed by atoms with Gasteiger partial charge in [-0.2, -0.15) is 0 Å². The molecule has 0 aliphatic carbocycles. The van der Waals surface area contributed by atoms with Crippen molar-refractivity contribution in [2.45, 2.75) is 47.6 Å². The first-order valence-corrected chi connectivity index (χ1v) is 12.3. The van der Waals surface area contributed by atoms with E-state index in [1.165, 1.54) is 0 Å². The summed E-state index contributed by atoms with van der Waals surface area (Å²) in [6, 6.07) is 13.4. The van der Waals surface area contributed by atoms with Gasteiger partial charge < -0.3 is 20.1 Å². The molecule has 0 spiro atoms. The molecule has 0 saturated carbocycles. The summed E-state index contributed by atoms with van der Waals surface area (Å²) in [6.07, 6.45) is 2.90. The molecule has 0 fully saturated rings. The van der Waals surface area contributed by atoms with Gasteiger partial charge in [0, 0.05) is 49.0 Å². The SMILES string of the molecule is CCC(COC)COc1ccc(C(=O)Nc2ccc3cc(CNCC(C)(C)C)cnc3c2C)cc1. The number of anilines is 1. The Morgan fingerprint density at radius 3 is 2.49 bits per heavy atom. The van der Waals surface area contributed by atoms with Crippen molar-refractivity contribution in [2.75, 3.05) is 32.2 Å². The van der Waals surface area contributed by atoms with Crippen LogP contribution in [0.5, 0.6) is 5.75 Å². The summed E-state index contributed by atoms with van der Waals surface area (Å²) in [4.78, 5) is 17.6. The maximum atomic E-state index is 12.9. The molecule has 2 N–H and O–H groups in total. The number of aromatic nitrogens is 1. The predicted octanol–water partition coefficient (Wildman–Crippen LogP) is 5.98. The van der Waals surface area contributed by atoms with Crippen LogP contribution in [0, 0.1) is 18.3 Å². The number of ether oxygens (including phenoxy) is 2. The number of carbonyl (C=O) groups excluding carboxylic acids is 1. The highest BCUT2D eigenvalue weighted by atomic mass is 16.5. The minimum Gasteiger partial charge on any atom is -0.493 e. The van der Waals surface area contributed by atoms with E-state index in [1.54, 1.807) is 19.2 Å². The number of nitrogens with one attached hydrogen (secondary N) is 2. The minimum atomic E-state index is -0.159. The van der Waals surface area contributed by atoms with Gasteiger partial charge in [0.15, 0.2) is 0 Å². The van der Waals surface area contributed by atoms with Crippen LogP contribution in [-0.4, -0.2) is 37.8 Å². The smallest absolute Gasteiger partial charge is 0.255 e. The van der Waals surface area contributed by atoms with Crippen LogP contribution in [-0.2, 0) is 11.3 Å². The van der Waals surface area contributed by atoms with Gasteiger partial charge in [-0.05, 0) is 66.3 Å². The topological polar surface area (TPSA) is 72.5 Å². The van der Waals surface area contributed by atoms with Crippen molar-refractivity contribution >= 4 is 22.5 Å². The number of pyridine rings is 1. The lowest BCUT2D eigenvalue weighted by atomic mass is 9.97. The minimum absolute atomic E-state index is 0.159. The van der Waals surface area contributed by atoms with Crippen LogP contribution in [0.3, 0.4) is 0 Å². The summed E-state index contributed by atoms with van der Waals surface area (Å²) >= 11 is 0. The molecule has 0 radical (unpaired) electrons. The highest BCUT2D eigenvalue weighted by Gasteiger charge is 2.13. The van der Waals surface area contributed by atoms with Gasteiger partial charge in [-0.3, -0.25) is 9.78 Å². The van der Waals surface area contributed by atoms with Gasteiger partial charge in [0.2, 0.25) is 0 Å². The van der Waals surface area contributed by atoms with E-state index >= 15 is 0 Å². The molecule has 1 heterocycles. The van der Waals surface area contributed by atoms with E-state index in [4.69, 9.17) is 9.47 Å². The van der Waals surface area contributed by atoms with Crippen molar-refractivity contribution in [3.63, 3.8) is 0 Å². The van der Waals surface area contributed by atoms with Crippen molar-refractivity contribution in [1.82, 2.24) is 10.3 Å². The second kappa shape index (κ2) is 12.1. The third-order valence-electron chi connectivity index (χ3n) is 5.98. The number of methoxy groups -OCH3 is 1. The highest BCUT2D eigenvalue weighted by Crippen LogP contribution is 2.25. The van der Waals surface area contributed by atoms with Crippen LogP contribution in [0.25, 0.3) is 10.9 Å². The summed E-state index contributed by atoms with van der Waals surface area (Å²) in [5, 5.41) is 7.59. The molecule has 1 atom stereocenters. The zero-order valence-electron chi connectivity index (χ0n) is 21.9. The van der Waals surface area contributed by atoms with Gasteiger partial charge in [-0.1, -0.05) is 33.8 Å². The summed E-state index contributed by atoms with van der Waals surface area (Å²) < 4.78 is 11.1. The molecular weight excluding hydrogens is 438 g/mol. The molecule has 1 amide bonds. The quantitative estimate of drug-likeness (QED) is 0.355. The van der Waals surface area contributed by atoms with E-state index in [1.807, 2.05) is 37.4 Å². The van der Waals surface area contributed by atoms with Crippen LogP contribution in [0.15, 0.2) is 48.7 Å². The van der Waals surface area contributed by atoms with Gasteiger partial charge >= 0.3 is 0 Å². The Labute approximate surface area is 209 Å². The highest BCUT2D eigenvalue weighted by molar-refractivity contribution is 6.06. The number of rotatable bonds is 11. The summed E-state index contributed by atoms with van der Waals surface area (Å²) in [6.45, 7) is 13.7. The average molecular weight is 478 g/mol. The first kappa shape index (κ1) is 26.6. The Bertz CT molecular complexity index is 1120. The zero-order valence-corrected chi connectivity index (χ0v) is 21.9. The van der Waals surface area contributed by atoms with E-state index in [9.17, 15) is 4.79 Å². The molecule has 0 aliphatic heterocycles. The van der Waals surface area contributed by atoms with E-state index < -0.39 is 0 Å². The normalized spacial score (nSPS) is 12.5. The number of aryl methyl sites for hydroxylation is 1. The van der Waals surface area contributed by atoms with Crippen LogP contribution in [0.1, 0.15) is 55.6 Å². The predicted molar refractivity (Wildman–Crippen MR) is 143 cm³/mol. The number of nitrogens with zero attached hydrogens (tertiary/aromatic N) is 1. The fourth-order valence-corrected chi connectivity index (χ4v) is 3.84. The largest absolute Gasteiger partial charge is 0.493 e. The molecule has 0 bridgehead atoms. The number of amides is 1. The van der Waals surface area contributed by atoms with Crippen LogP contribution < -0.4 is 15.4 Å². The molecule has 3 aromatic rings. The standard InChI is InChI=1S/C29H39N3O3/c1-7-21(17-34-6)18-35-25-11-8-23(9-12-25)28(33)32-26-13-10-24-14-22(15-30-19-29(3,4)5)16-31-27(24)20(26)2/h8-14,16,21,30H,7,15,17-19H2,1-6H3,(H,32,33). The third kappa shape index (κ3) is 7.77. The van der Waals surface area contributed by atoms with E-state index in [0.29, 0.717) is 24.7 Å². The van der Waals surface area contributed by atoms with E-state index in [0.717, 1.165) is 53.0 Å². The van der Waals surface area contributed by atoms with Crippen LogP contribution >= 0.6 is 0 Å². The van der Waals surface area contributed by atoms with Gasteiger partial charge in [0.25, 0.3) is 5.91 Å². The lowest BCUT2D eigenvalue weighted by Gasteiger charge is -2.19.